The summed E-state index contributed by atoms with van der Waals surface area (Å²) in [6.07, 6.45) is 0. The van der Waals surface area contributed by atoms with Crippen LogP contribution in [0.5, 0.6) is 0 Å². The Morgan fingerprint density at radius 2 is 0.875 bits per heavy atom. The van der Waals surface area contributed by atoms with Crippen molar-refractivity contribution in [2.24, 2.45) is 0 Å². The minimum atomic E-state index is -0.860. The van der Waals surface area contributed by atoms with Gasteiger partial charge in [-0.1, -0.05) is 13.2 Å². The van der Waals surface area contributed by atoms with Gasteiger partial charge >= 0.3 is 23.9 Å². The van der Waals surface area contributed by atoms with Crippen LogP contribution in [0, 0.1) is 0 Å². The van der Waals surface area contributed by atoms with E-state index in [4.69, 9.17) is 18.9 Å². The van der Waals surface area contributed by atoms with Gasteiger partial charge in [-0.15, -0.1) is 0 Å². The number of rotatable bonds is 10. The molecule has 0 bridgehead atoms. The average molecular weight is 706 g/mol. The third-order valence-corrected chi connectivity index (χ3v) is 7.51. The van der Waals surface area contributed by atoms with Crippen molar-refractivity contribution in [3.8, 4) is 0 Å². The highest BCUT2D eigenvalue weighted by Gasteiger charge is 2.29. The van der Waals surface area contributed by atoms with Crippen molar-refractivity contribution >= 4 is 87.6 Å². The molecule has 0 heterocycles. The number of hydrogen-bond acceptors (Lipinski definition) is 8. The third kappa shape index (κ3) is 8.45. The lowest BCUT2D eigenvalue weighted by molar-refractivity contribution is -0.146. The van der Waals surface area contributed by atoms with Crippen LogP contribution in [0.3, 0.4) is 0 Å². The second-order valence-electron chi connectivity index (χ2n) is 6.39. The van der Waals surface area contributed by atoms with E-state index in [-0.39, 0.29) is 42.2 Å². The monoisotopic (exact) mass is 702 g/mol. The predicted octanol–water partition coefficient (Wildman–Crippen LogP) is 5.29. The number of benzene rings is 1. The van der Waals surface area contributed by atoms with E-state index in [9.17, 15) is 19.2 Å². The van der Waals surface area contributed by atoms with E-state index in [1.165, 1.54) is 0 Å². The summed E-state index contributed by atoms with van der Waals surface area (Å²) in [6, 6.07) is 0. The summed E-state index contributed by atoms with van der Waals surface area (Å²) >= 11 is 12.9. The highest BCUT2D eigenvalue weighted by Crippen LogP contribution is 2.42. The van der Waals surface area contributed by atoms with Gasteiger partial charge in [0, 0.05) is 17.9 Å². The molecule has 0 fully saturated rings. The van der Waals surface area contributed by atoms with Crippen LogP contribution in [-0.4, -0.2) is 50.3 Å². The van der Waals surface area contributed by atoms with Gasteiger partial charge in [0.15, 0.2) is 13.2 Å². The Morgan fingerprint density at radius 3 is 1.12 bits per heavy atom. The van der Waals surface area contributed by atoms with Gasteiger partial charge in [-0.25, -0.2) is 19.2 Å². The van der Waals surface area contributed by atoms with Gasteiger partial charge in [-0.05, 0) is 88.7 Å². The molecule has 8 nitrogen and oxygen atoms in total. The van der Waals surface area contributed by atoms with Crippen LogP contribution >= 0.6 is 63.7 Å². The van der Waals surface area contributed by atoms with E-state index in [2.05, 4.69) is 76.9 Å². The Labute approximate surface area is 218 Å². The van der Waals surface area contributed by atoms with Crippen LogP contribution in [0.4, 0.5) is 0 Å². The average Bonchev–Trinajstić information content (AvgIpc) is 2.72. The van der Waals surface area contributed by atoms with Crippen molar-refractivity contribution in [2.75, 3.05) is 26.4 Å². The fourth-order valence-corrected chi connectivity index (χ4v) is 4.64. The second kappa shape index (κ2) is 13.3. The normalized spacial score (nSPS) is 10.2. The topological polar surface area (TPSA) is 105 Å². The number of esters is 4. The molecule has 1 aromatic rings. The highest BCUT2D eigenvalue weighted by atomic mass is 79.9. The van der Waals surface area contributed by atoms with Gasteiger partial charge in [0.1, 0.15) is 13.2 Å². The van der Waals surface area contributed by atoms with Crippen molar-refractivity contribution in [3.63, 3.8) is 0 Å². The van der Waals surface area contributed by atoms with E-state index < -0.39 is 37.1 Å². The highest BCUT2D eigenvalue weighted by molar-refractivity contribution is 9.14. The summed E-state index contributed by atoms with van der Waals surface area (Å²) in [5.74, 6) is -3.21. The second-order valence-corrected chi connectivity index (χ2v) is 9.57. The molecule has 0 unspecified atom stereocenters. The van der Waals surface area contributed by atoms with Gasteiger partial charge in [-0.2, -0.15) is 0 Å². The minimum Gasteiger partial charge on any atom is -0.459 e. The number of halogens is 4. The summed E-state index contributed by atoms with van der Waals surface area (Å²) in [5, 5.41) is 0. The lowest BCUT2D eigenvalue weighted by Gasteiger charge is -2.15. The maximum Gasteiger partial charge on any atom is 0.344 e. The van der Waals surface area contributed by atoms with Crippen LogP contribution in [0.2, 0.25) is 0 Å². The van der Waals surface area contributed by atoms with Crippen molar-refractivity contribution in [3.05, 3.63) is 53.3 Å². The first kappa shape index (κ1) is 28.5. The summed E-state index contributed by atoms with van der Waals surface area (Å²) < 4.78 is 20.3. The summed E-state index contributed by atoms with van der Waals surface area (Å²) in [4.78, 5) is 48.4. The number of hydrogen-bond donors (Lipinski definition) is 0. The Balaban J connectivity index is 2.97. The minimum absolute atomic E-state index is 0.00568. The fourth-order valence-electron chi connectivity index (χ4n) is 1.87. The van der Waals surface area contributed by atoms with E-state index in [0.29, 0.717) is 11.1 Å². The molecule has 0 spiro atoms. The van der Waals surface area contributed by atoms with Crippen molar-refractivity contribution in [2.45, 2.75) is 13.8 Å². The van der Waals surface area contributed by atoms with Gasteiger partial charge < -0.3 is 18.9 Å². The first-order chi connectivity index (χ1) is 14.9. The molecule has 0 atom stereocenters. The fraction of sp³-hybridized carbons (Fsp3) is 0.300. The van der Waals surface area contributed by atoms with Crippen molar-refractivity contribution < 1.29 is 38.1 Å². The van der Waals surface area contributed by atoms with E-state index in [0.717, 1.165) is 0 Å². The first-order valence-corrected chi connectivity index (χ1v) is 11.8. The van der Waals surface area contributed by atoms with Gasteiger partial charge in [0.25, 0.3) is 0 Å². The molecule has 0 saturated carbocycles. The molecule has 0 saturated heterocycles. The number of ether oxygens (including phenoxy) is 4. The zero-order valence-corrected chi connectivity index (χ0v) is 23.4. The van der Waals surface area contributed by atoms with Crippen molar-refractivity contribution in [1.29, 1.82) is 0 Å². The standard InChI is InChI=1S/C20H18Br4O8/c1-9(2)5-29-11(25)7-31-19(27)13-15(21)17(23)14(18(24)16(13)22)20(28)32-8-12(26)30-6-10(3)4/h1,3,5-8H2,2,4H3. The van der Waals surface area contributed by atoms with Gasteiger partial charge in [0.05, 0.1) is 11.1 Å². The Kier molecular flexibility index (Phi) is 11.8. The van der Waals surface area contributed by atoms with Crippen LogP contribution < -0.4 is 0 Å². The maximum atomic E-state index is 12.5. The Bertz CT molecular complexity index is 865. The smallest absolute Gasteiger partial charge is 0.344 e. The molecular formula is C20H18Br4O8. The lowest BCUT2D eigenvalue weighted by Crippen LogP contribution is -2.20. The Hall–Kier alpha value is -1.50. The molecule has 0 N–H and O–H groups in total. The number of carbonyl (C=O) groups excluding carboxylic acids is 4. The molecule has 1 rings (SSSR count). The van der Waals surface area contributed by atoms with Gasteiger partial charge in [-0.3, -0.25) is 0 Å². The first-order valence-electron chi connectivity index (χ1n) is 8.66. The van der Waals surface area contributed by atoms with Crippen LogP contribution in [-0.2, 0) is 28.5 Å². The molecule has 174 valence electrons. The van der Waals surface area contributed by atoms with E-state index >= 15 is 0 Å². The lowest BCUT2D eigenvalue weighted by atomic mass is 10.1. The molecule has 32 heavy (non-hydrogen) atoms. The number of carbonyl (C=O) groups is 4. The van der Waals surface area contributed by atoms with Crippen LogP contribution in [0.1, 0.15) is 34.6 Å². The van der Waals surface area contributed by atoms with Gasteiger partial charge in [0.2, 0.25) is 0 Å². The SMILES string of the molecule is C=C(C)COC(=O)COC(=O)c1c(Br)c(Br)c(C(=O)OCC(=O)OCC(=C)C)c(Br)c1Br. The molecular weight excluding hydrogens is 688 g/mol. The van der Waals surface area contributed by atoms with Crippen LogP contribution in [0.15, 0.2) is 42.2 Å². The summed E-state index contributed by atoms with van der Waals surface area (Å²) in [5.41, 5.74) is 1.26. The third-order valence-electron chi connectivity index (χ3n) is 3.27. The van der Waals surface area contributed by atoms with E-state index in [1.807, 2.05) is 0 Å². The molecule has 0 aliphatic heterocycles. The summed E-state index contributed by atoms with van der Waals surface area (Å²) in [7, 11) is 0. The predicted molar refractivity (Wildman–Crippen MR) is 129 cm³/mol. The van der Waals surface area contributed by atoms with Crippen LogP contribution in [0.25, 0.3) is 0 Å². The molecule has 0 amide bonds. The van der Waals surface area contributed by atoms with E-state index in [1.54, 1.807) is 13.8 Å². The summed E-state index contributed by atoms with van der Waals surface area (Å²) in [6.45, 7) is 9.35. The quantitative estimate of drug-likeness (QED) is 0.140. The molecule has 1 aromatic carbocycles. The maximum absolute atomic E-state index is 12.5. The molecule has 0 radical (unpaired) electrons. The zero-order chi connectivity index (χ0) is 24.6. The Morgan fingerprint density at radius 1 is 0.594 bits per heavy atom. The molecule has 0 aliphatic rings. The zero-order valence-electron chi connectivity index (χ0n) is 17.0. The molecule has 12 heteroatoms. The van der Waals surface area contributed by atoms with Crippen molar-refractivity contribution in [1.82, 2.24) is 0 Å². The molecule has 0 aromatic heterocycles. The largest absolute Gasteiger partial charge is 0.459 e. The molecule has 0 aliphatic carbocycles.